The number of thioether (sulfide) groups is 6. The lowest BCUT2D eigenvalue weighted by Gasteiger charge is -2.42. The van der Waals surface area contributed by atoms with E-state index in [1.807, 2.05) is 0 Å². The first-order chi connectivity index (χ1) is 9.57. The zero-order valence-corrected chi connectivity index (χ0v) is 17.2. The Labute approximate surface area is 149 Å². The van der Waals surface area contributed by atoms with Crippen LogP contribution in [0.3, 0.4) is 0 Å². The maximum atomic E-state index is 2.49. The fourth-order valence-electron chi connectivity index (χ4n) is 2.04. The smallest absolute Gasteiger partial charge is 0.0313 e. The second-order valence-electron chi connectivity index (χ2n) is 6.42. The van der Waals surface area contributed by atoms with Crippen molar-refractivity contribution in [3.8, 4) is 0 Å². The van der Waals surface area contributed by atoms with Gasteiger partial charge in [0.25, 0.3) is 0 Å². The van der Waals surface area contributed by atoms with Gasteiger partial charge in [0.2, 0.25) is 0 Å². The second kappa shape index (κ2) is 7.33. The zero-order valence-electron chi connectivity index (χ0n) is 12.3. The lowest BCUT2D eigenvalue weighted by atomic mass is 10.2. The van der Waals surface area contributed by atoms with Crippen LogP contribution in [-0.2, 0) is 0 Å². The molecule has 0 aliphatic carbocycles. The van der Waals surface area contributed by atoms with E-state index in [0.29, 0.717) is 9.49 Å². The minimum Gasteiger partial charge on any atom is -0.159 e. The molecule has 0 aromatic carbocycles. The van der Waals surface area contributed by atoms with Gasteiger partial charge in [-0.25, -0.2) is 0 Å². The Morgan fingerprint density at radius 1 is 0.850 bits per heavy atom. The van der Waals surface area contributed by atoms with Crippen molar-refractivity contribution < 1.29 is 0 Å². The average molecular weight is 385 g/mol. The standard InChI is InChI=1S/C14H24S6/c1-13(7-15-3-11-5-17-11)9-20-14(2,10-19-13)8-16-4-12-6-18-12/h11-12H,3-10H2,1-2H3. The molecule has 0 radical (unpaired) electrons. The predicted octanol–water partition coefficient (Wildman–Crippen LogP) is 4.68. The molecule has 3 aliphatic rings. The summed E-state index contributed by atoms with van der Waals surface area (Å²) in [6, 6.07) is 0. The van der Waals surface area contributed by atoms with Crippen molar-refractivity contribution in [3.05, 3.63) is 0 Å². The molecular weight excluding hydrogens is 361 g/mol. The van der Waals surface area contributed by atoms with Crippen LogP contribution in [0, 0.1) is 0 Å². The minimum absolute atomic E-state index is 0.519. The van der Waals surface area contributed by atoms with Gasteiger partial charge in [0.05, 0.1) is 0 Å². The van der Waals surface area contributed by atoms with E-state index in [2.05, 4.69) is 84.4 Å². The van der Waals surface area contributed by atoms with Crippen LogP contribution in [0.15, 0.2) is 0 Å². The quantitative estimate of drug-likeness (QED) is 0.553. The summed E-state index contributed by atoms with van der Waals surface area (Å²) < 4.78 is 1.04. The molecule has 20 heavy (non-hydrogen) atoms. The summed E-state index contributed by atoms with van der Waals surface area (Å²) >= 11 is 13.2. The summed E-state index contributed by atoms with van der Waals surface area (Å²) in [4.78, 5) is 0. The van der Waals surface area contributed by atoms with Gasteiger partial charge in [-0.3, -0.25) is 0 Å². The molecule has 0 saturated carbocycles. The number of hydrogen-bond donors (Lipinski definition) is 0. The highest BCUT2D eigenvalue weighted by atomic mass is 32.2. The minimum atomic E-state index is 0.519. The molecule has 3 heterocycles. The largest absolute Gasteiger partial charge is 0.159 e. The summed E-state index contributed by atoms with van der Waals surface area (Å²) in [6.07, 6.45) is 0. The van der Waals surface area contributed by atoms with Crippen LogP contribution in [0.2, 0.25) is 0 Å². The molecule has 0 N–H and O–H groups in total. The molecule has 0 aromatic rings. The first-order valence-corrected chi connectivity index (χ1v) is 13.6. The number of rotatable bonds is 8. The van der Waals surface area contributed by atoms with E-state index in [-0.39, 0.29) is 0 Å². The lowest BCUT2D eigenvalue weighted by Crippen LogP contribution is -2.41. The molecule has 4 unspecified atom stereocenters. The van der Waals surface area contributed by atoms with Crippen molar-refractivity contribution in [2.45, 2.75) is 33.8 Å². The van der Waals surface area contributed by atoms with Gasteiger partial charge in [-0.15, -0.1) is 0 Å². The highest BCUT2D eigenvalue weighted by Crippen LogP contribution is 2.47. The third-order valence-corrected chi connectivity index (χ3v) is 13.3. The highest BCUT2D eigenvalue weighted by molar-refractivity contribution is 8.11. The first-order valence-electron chi connectivity index (χ1n) is 7.24. The van der Waals surface area contributed by atoms with E-state index >= 15 is 0 Å². The van der Waals surface area contributed by atoms with E-state index in [4.69, 9.17) is 0 Å². The predicted molar refractivity (Wildman–Crippen MR) is 109 cm³/mol. The van der Waals surface area contributed by atoms with Crippen molar-refractivity contribution in [3.63, 3.8) is 0 Å². The summed E-state index contributed by atoms with van der Waals surface area (Å²) in [7, 11) is 0. The highest BCUT2D eigenvalue weighted by Gasteiger charge is 2.39. The molecule has 0 aromatic heterocycles. The molecule has 3 saturated heterocycles. The molecular formula is C14H24S6. The summed E-state index contributed by atoms with van der Waals surface area (Å²) in [5.74, 6) is 11.0. The van der Waals surface area contributed by atoms with E-state index in [1.54, 1.807) is 0 Å². The van der Waals surface area contributed by atoms with Crippen molar-refractivity contribution in [2.75, 3.05) is 46.0 Å². The topological polar surface area (TPSA) is 0 Å². The lowest BCUT2D eigenvalue weighted by molar-refractivity contribution is 0.757. The molecule has 0 bridgehead atoms. The molecule has 3 fully saturated rings. The maximum absolute atomic E-state index is 2.49. The van der Waals surface area contributed by atoms with Gasteiger partial charge in [0.15, 0.2) is 0 Å². The Kier molecular flexibility index (Phi) is 6.21. The Balaban J connectivity index is 1.35. The normalized spacial score (nSPS) is 43.5. The Hall–Kier alpha value is 2.10. The van der Waals surface area contributed by atoms with Gasteiger partial charge >= 0.3 is 0 Å². The van der Waals surface area contributed by atoms with Gasteiger partial charge in [0.1, 0.15) is 0 Å². The van der Waals surface area contributed by atoms with Crippen molar-refractivity contribution in [1.82, 2.24) is 0 Å². The third kappa shape index (κ3) is 5.63. The molecule has 0 amide bonds. The molecule has 4 atom stereocenters. The van der Waals surface area contributed by atoms with Crippen LogP contribution in [0.25, 0.3) is 0 Å². The molecule has 3 rings (SSSR count). The monoisotopic (exact) mass is 384 g/mol. The summed E-state index contributed by atoms with van der Waals surface area (Å²) in [5.41, 5.74) is 0. The van der Waals surface area contributed by atoms with Crippen LogP contribution in [0.4, 0.5) is 0 Å². The average Bonchev–Trinajstić information content (AvgIpc) is 3.28. The second-order valence-corrected chi connectivity index (χ2v) is 14.3. The Bertz CT molecular complexity index is 286. The Morgan fingerprint density at radius 2 is 1.25 bits per heavy atom. The van der Waals surface area contributed by atoms with Crippen LogP contribution in [0.1, 0.15) is 13.8 Å². The third-order valence-electron chi connectivity index (χ3n) is 3.68. The fourth-order valence-corrected chi connectivity index (χ4v) is 10.2. The molecule has 3 aliphatic heterocycles. The molecule has 116 valence electrons. The van der Waals surface area contributed by atoms with Gasteiger partial charge in [-0.05, 0) is 13.8 Å². The van der Waals surface area contributed by atoms with Crippen LogP contribution in [-0.4, -0.2) is 66.0 Å². The van der Waals surface area contributed by atoms with E-state index in [0.717, 1.165) is 10.5 Å². The van der Waals surface area contributed by atoms with Gasteiger partial charge in [-0.2, -0.15) is 70.6 Å². The van der Waals surface area contributed by atoms with Gasteiger partial charge in [0, 0.05) is 66.0 Å². The van der Waals surface area contributed by atoms with Crippen LogP contribution >= 0.6 is 70.6 Å². The van der Waals surface area contributed by atoms with Crippen molar-refractivity contribution >= 4 is 70.6 Å². The van der Waals surface area contributed by atoms with Gasteiger partial charge < -0.3 is 0 Å². The van der Waals surface area contributed by atoms with E-state index in [9.17, 15) is 0 Å². The number of hydrogen-bond acceptors (Lipinski definition) is 6. The molecule has 0 nitrogen and oxygen atoms in total. The summed E-state index contributed by atoms with van der Waals surface area (Å²) in [6.45, 7) is 4.98. The zero-order chi connectivity index (χ0) is 14.1. The van der Waals surface area contributed by atoms with Crippen molar-refractivity contribution in [1.29, 1.82) is 0 Å². The van der Waals surface area contributed by atoms with E-state index in [1.165, 1.54) is 46.0 Å². The van der Waals surface area contributed by atoms with Crippen LogP contribution < -0.4 is 0 Å². The fraction of sp³-hybridized carbons (Fsp3) is 1.00. The van der Waals surface area contributed by atoms with Crippen molar-refractivity contribution in [2.24, 2.45) is 0 Å². The summed E-state index contributed by atoms with van der Waals surface area (Å²) in [5, 5.41) is 1.98. The van der Waals surface area contributed by atoms with Gasteiger partial charge in [-0.1, -0.05) is 0 Å². The van der Waals surface area contributed by atoms with E-state index < -0.39 is 0 Å². The molecule has 6 heteroatoms. The van der Waals surface area contributed by atoms with Crippen LogP contribution in [0.5, 0.6) is 0 Å². The SMILES string of the molecule is CC1(CSCC2CS2)CSC(C)(CSCC2CS2)CS1. The molecule has 0 spiro atoms. The maximum Gasteiger partial charge on any atom is 0.0313 e. The first kappa shape index (κ1) is 16.9. The Morgan fingerprint density at radius 3 is 1.55 bits per heavy atom.